The highest BCUT2D eigenvalue weighted by atomic mass is 35.5. The Morgan fingerprint density at radius 3 is 2.88 bits per heavy atom. The molecule has 16 heavy (non-hydrogen) atoms. The van der Waals surface area contributed by atoms with Crippen molar-refractivity contribution < 1.29 is 0 Å². The maximum Gasteiger partial charge on any atom is 0.140 e. The van der Waals surface area contributed by atoms with Crippen LogP contribution in [0.25, 0.3) is 0 Å². The topological polar surface area (TPSA) is 86.5 Å². The molecule has 0 unspecified atom stereocenters. The smallest absolute Gasteiger partial charge is 0.140 e. The molecule has 0 spiro atoms. The fraction of sp³-hybridized carbons (Fsp3) is 0.182. The molecule has 0 radical (unpaired) electrons. The zero-order valence-electron chi connectivity index (χ0n) is 8.79. The molecule has 4 nitrogen and oxygen atoms in total. The Morgan fingerprint density at radius 2 is 2.31 bits per heavy atom. The molecule has 0 amide bonds. The second-order valence-electron chi connectivity index (χ2n) is 3.28. The summed E-state index contributed by atoms with van der Waals surface area (Å²) in [6.45, 7) is 1.63. The first-order valence-electron chi connectivity index (χ1n) is 4.60. The van der Waals surface area contributed by atoms with Crippen molar-refractivity contribution in [3.63, 3.8) is 0 Å². The van der Waals surface area contributed by atoms with E-state index in [9.17, 15) is 0 Å². The van der Waals surface area contributed by atoms with Crippen LogP contribution in [-0.2, 0) is 6.42 Å². The van der Waals surface area contributed by atoms with E-state index in [2.05, 4.69) is 4.98 Å². The van der Waals surface area contributed by atoms with Gasteiger partial charge in [-0.2, -0.15) is 5.26 Å². The molecular weight excluding hydrogens is 224 g/mol. The second kappa shape index (κ2) is 5.29. The van der Waals surface area contributed by atoms with Crippen LogP contribution >= 0.6 is 11.6 Å². The van der Waals surface area contributed by atoms with E-state index in [-0.39, 0.29) is 17.2 Å². The van der Waals surface area contributed by atoms with Gasteiger partial charge in [-0.15, -0.1) is 0 Å². The highest BCUT2D eigenvalue weighted by molar-refractivity contribution is 6.43. The van der Waals surface area contributed by atoms with Crippen molar-refractivity contribution >= 4 is 17.3 Å². The number of aromatic nitrogens is 1. The highest BCUT2D eigenvalue weighted by Crippen LogP contribution is 2.10. The number of halogens is 1. The molecule has 0 aromatic carbocycles. The minimum absolute atomic E-state index is 0.198. The minimum Gasteiger partial charge on any atom is -0.401 e. The van der Waals surface area contributed by atoms with E-state index >= 15 is 0 Å². The van der Waals surface area contributed by atoms with E-state index in [1.165, 1.54) is 0 Å². The standard InChI is InChI=1S/C11H11ClN4/c1-7(14)11(12)10(15)5-8-3-2-4-9(6-13)16-8/h2-4,15H,5,14H2,1H3/b11-7+,15-10?. The van der Waals surface area contributed by atoms with E-state index in [4.69, 9.17) is 28.0 Å². The normalized spacial score (nSPS) is 11.6. The maximum atomic E-state index is 8.67. The lowest BCUT2D eigenvalue weighted by molar-refractivity contribution is 1.11. The zero-order valence-corrected chi connectivity index (χ0v) is 9.54. The molecule has 0 saturated carbocycles. The molecule has 3 N–H and O–H groups in total. The maximum absolute atomic E-state index is 8.67. The molecule has 0 bridgehead atoms. The predicted molar refractivity (Wildman–Crippen MR) is 63.1 cm³/mol. The third kappa shape index (κ3) is 3.07. The van der Waals surface area contributed by atoms with Gasteiger partial charge in [0, 0.05) is 17.8 Å². The average molecular weight is 235 g/mol. The van der Waals surface area contributed by atoms with Gasteiger partial charge in [-0.05, 0) is 19.1 Å². The van der Waals surface area contributed by atoms with Gasteiger partial charge in [0.2, 0.25) is 0 Å². The van der Waals surface area contributed by atoms with Gasteiger partial charge in [-0.25, -0.2) is 4.98 Å². The lowest BCUT2D eigenvalue weighted by Gasteiger charge is -2.04. The summed E-state index contributed by atoms with van der Waals surface area (Å²) in [5.74, 6) is 0. The van der Waals surface area contributed by atoms with Crippen molar-refractivity contribution in [3.8, 4) is 6.07 Å². The first-order chi connectivity index (χ1) is 7.54. The predicted octanol–water partition coefficient (Wildman–Crippen LogP) is 1.94. The van der Waals surface area contributed by atoms with Crippen LogP contribution in [0.4, 0.5) is 0 Å². The number of nitriles is 1. The fourth-order valence-corrected chi connectivity index (χ4v) is 1.20. The van der Waals surface area contributed by atoms with Crippen LogP contribution in [0.15, 0.2) is 28.9 Å². The zero-order chi connectivity index (χ0) is 12.1. The van der Waals surface area contributed by atoms with E-state index in [0.717, 1.165) is 0 Å². The van der Waals surface area contributed by atoms with Gasteiger partial charge >= 0.3 is 0 Å². The summed E-state index contributed by atoms with van der Waals surface area (Å²) in [5, 5.41) is 16.6. The van der Waals surface area contributed by atoms with Crippen molar-refractivity contribution in [1.29, 1.82) is 10.7 Å². The Morgan fingerprint density at radius 1 is 1.62 bits per heavy atom. The monoisotopic (exact) mass is 234 g/mol. The molecule has 5 heteroatoms. The van der Waals surface area contributed by atoms with Gasteiger partial charge in [0.1, 0.15) is 11.8 Å². The third-order valence-corrected chi connectivity index (χ3v) is 2.42. The van der Waals surface area contributed by atoms with Gasteiger partial charge in [0.05, 0.1) is 10.7 Å². The molecular formula is C11H11ClN4. The molecule has 1 aromatic rings. The molecule has 0 aliphatic rings. The Balaban J connectivity index is 2.86. The lowest BCUT2D eigenvalue weighted by atomic mass is 10.1. The largest absolute Gasteiger partial charge is 0.401 e. The van der Waals surface area contributed by atoms with E-state index < -0.39 is 0 Å². The molecule has 1 aromatic heterocycles. The fourth-order valence-electron chi connectivity index (χ4n) is 1.14. The van der Waals surface area contributed by atoms with Gasteiger partial charge in [0.15, 0.2) is 0 Å². The molecule has 0 aliphatic heterocycles. The van der Waals surface area contributed by atoms with Crippen LogP contribution in [0.5, 0.6) is 0 Å². The molecule has 82 valence electrons. The van der Waals surface area contributed by atoms with Crippen molar-refractivity contribution in [1.82, 2.24) is 4.98 Å². The van der Waals surface area contributed by atoms with Crippen LogP contribution in [0, 0.1) is 16.7 Å². The van der Waals surface area contributed by atoms with Crippen molar-refractivity contribution in [3.05, 3.63) is 40.3 Å². The Hall–Kier alpha value is -1.86. The van der Waals surface area contributed by atoms with Crippen molar-refractivity contribution in [2.75, 3.05) is 0 Å². The van der Waals surface area contributed by atoms with E-state index in [1.54, 1.807) is 25.1 Å². The summed E-state index contributed by atoms with van der Waals surface area (Å²) in [7, 11) is 0. The molecule has 0 aliphatic carbocycles. The lowest BCUT2D eigenvalue weighted by Crippen LogP contribution is -2.08. The summed E-state index contributed by atoms with van der Waals surface area (Å²) in [4.78, 5) is 4.05. The number of hydrogen-bond donors (Lipinski definition) is 2. The second-order valence-corrected chi connectivity index (χ2v) is 3.66. The van der Waals surface area contributed by atoms with Crippen LogP contribution in [0.1, 0.15) is 18.3 Å². The number of hydrogen-bond acceptors (Lipinski definition) is 4. The first kappa shape index (κ1) is 12.2. The van der Waals surface area contributed by atoms with Crippen LogP contribution in [0.3, 0.4) is 0 Å². The molecule has 0 saturated heterocycles. The van der Waals surface area contributed by atoms with Crippen molar-refractivity contribution in [2.45, 2.75) is 13.3 Å². The summed E-state index contributed by atoms with van der Waals surface area (Å²) in [5.41, 5.74) is 7.04. The van der Waals surface area contributed by atoms with Gasteiger partial charge in [0.25, 0.3) is 0 Å². The summed E-state index contributed by atoms with van der Waals surface area (Å²) in [6, 6.07) is 7.02. The number of nitrogens with zero attached hydrogens (tertiary/aromatic N) is 2. The van der Waals surface area contributed by atoms with E-state index in [1.807, 2.05) is 6.07 Å². The number of allylic oxidation sites excluding steroid dienone is 2. The van der Waals surface area contributed by atoms with Crippen LogP contribution in [-0.4, -0.2) is 10.7 Å². The number of rotatable bonds is 3. The summed E-state index contributed by atoms with van der Waals surface area (Å²) >= 11 is 5.83. The molecule has 0 fully saturated rings. The quantitative estimate of drug-likeness (QED) is 0.784. The molecule has 0 atom stereocenters. The number of nitrogens with one attached hydrogen (secondary N) is 1. The van der Waals surface area contributed by atoms with Crippen LogP contribution in [0.2, 0.25) is 0 Å². The summed E-state index contributed by atoms with van der Waals surface area (Å²) in [6.07, 6.45) is 0.267. The average Bonchev–Trinajstić information content (AvgIpc) is 2.28. The van der Waals surface area contributed by atoms with Gasteiger partial charge in [-0.1, -0.05) is 17.7 Å². The minimum atomic E-state index is 0.198. The Kier molecular flexibility index (Phi) is 4.03. The van der Waals surface area contributed by atoms with Gasteiger partial charge < -0.3 is 11.1 Å². The number of pyridine rings is 1. The van der Waals surface area contributed by atoms with Crippen LogP contribution < -0.4 is 5.73 Å². The first-order valence-corrected chi connectivity index (χ1v) is 4.98. The molecule has 1 rings (SSSR count). The molecule has 1 heterocycles. The highest BCUT2D eigenvalue weighted by Gasteiger charge is 2.07. The Bertz CT molecular complexity index is 481. The summed E-state index contributed by atoms with van der Waals surface area (Å²) < 4.78 is 0. The van der Waals surface area contributed by atoms with Crippen molar-refractivity contribution in [2.24, 2.45) is 5.73 Å². The SMILES string of the molecule is C/C(N)=C(\Cl)C(=N)Cc1cccc(C#N)n1. The van der Waals surface area contributed by atoms with Gasteiger partial charge in [-0.3, -0.25) is 0 Å². The number of nitrogens with two attached hydrogens (primary N) is 1. The third-order valence-electron chi connectivity index (χ3n) is 1.89. The van der Waals surface area contributed by atoms with E-state index in [0.29, 0.717) is 17.1 Å². The Labute approximate surface area is 98.9 Å².